The zero-order valence-corrected chi connectivity index (χ0v) is 19.9. The monoisotopic (exact) mass is 495 g/mol. The molecule has 3 rings (SSSR count). The molecule has 0 radical (unpaired) electrons. The number of aliphatic imine (C=N–C) groups is 1. The molecule has 28 heavy (non-hydrogen) atoms. The summed E-state index contributed by atoms with van der Waals surface area (Å²) in [6.45, 7) is 13.5. The average molecular weight is 495 g/mol. The van der Waals surface area contributed by atoms with E-state index in [2.05, 4.69) is 64.8 Å². The first-order valence-electron chi connectivity index (χ1n) is 10.1. The van der Waals surface area contributed by atoms with E-state index in [1.165, 1.54) is 17.5 Å². The third-order valence-electron chi connectivity index (χ3n) is 5.18. The number of hydrogen-bond donors (Lipinski definition) is 1. The molecular formula is C22H34IN5. The van der Waals surface area contributed by atoms with Crippen molar-refractivity contribution in [3.63, 3.8) is 0 Å². The minimum absolute atomic E-state index is 0. The van der Waals surface area contributed by atoms with Gasteiger partial charge in [-0.25, -0.2) is 9.98 Å². The molecule has 1 fully saturated rings. The van der Waals surface area contributed by atoms with E-state index in [0.717, 1.165) is 49.8 Å². The van der Waals surface area contributed by atoms with Crippen molar-refractivity contribution in [2.75, 3.05) is 19.6 Å². The minimum Gasteiger partial charge on any atom is -0.357 e. The molecule has 1 aromatic heterocycles. The second-order valence-corrected chi connectivity index (χ2v) is 7.94. The first kappa shape index (κ1) is 22.7. The van der Waals surface area contributed by atoms with Gasteiger partial charge in [0, 0.05) is 38.6 Å². The van der Waals surface area contributed by atoms with Gasteiger partial charge in [-0.2, -0.15) is 0 Å². The molecule has 2 atom stereocenters. The lowest BCUT2D eigenvalue weighted by atomic mass is 9.92. The van der Waals surface area contributed by atoms with Crippen molar-refractivity contribution in [1.82, 2.24) is 19.8 Å². The van der Waals surface area contributed by atoms with Crippen molar-refractivity contribution in [3.8, 4) is 0 Å². The SMILES string of the molecule is CCNC(=NCc1cccc(Cn2ccnc2C)c1)N1CC(C)CC(C)C1.I. The maximum Gasteiger partial charge on any atom is 0.194 e. The number of piperidine rings is 1. The fourth-order valence-electron chi connectivity index (χ4n) is 4.02. The Labute approximate surface area is 186 Å². The smallest absolute Gasteiger partial charge is 0.194 e. The van der Waals surface area contributed by atoms with Crippen molar-refractivity contribution >= 4 is 29.9 Å². The second kappa shape index (κ2) is 10.8. The van der Waals surface area contributed by atoms with E-state index in [-0.39, 0.29) is 24.0 Å². The van der Waals surface area contributed by atoms with Crippen LogP contribution in [0.4, 0.5) is 0 Å². The number of guanidine groups is 1. The Balaban J connectivity index is 0.00000280. The van der Waals surface area contributed by atoms with Gasteiger partial charge in [0.15, 0.2) is 5.96 Å². The topological polar surface area (TPSA) is 45.5 Å². The van der Waals surface area contributed by atoms with Crippen molar-refractivity contribution in [1.29, 1.82) is 0 Å². The number of nitrogens with zero attached hydrogens (tertiary/aromatic N) is 4. The predicted molar refractivity (Wildman–Crippen MR) is 127 cm³/mol. The maximum atomic E-state index is 4.94. The fraction of sp³-hybridized carbons (Fsp3) is 0.545. The molecule has 0 aliphatic carbocycles. The molecule has 2 unspecified atom stereocenters. The van der Waals surface area contributed by atoms with Crippen molar-refractivity contribution in [2.24, 2.45) is 16.8 Å². The van der Waals surface area contributed by atoms with Gasteiger partial charge in [0.1, 0.15) is 5.82 Å². The van der Waals surface area contributed by atoms with E-state index in [0.29, 0.717) is 6.54 Å². The molecule has 1 aliphatic heterocycles. The van der Waals surface area contributed by atoms with Crippen LogP contribution in [-0.2, 0) is 13.1 Å². The highest BCUT2D eigenvalue weighted by atomic mass is 127. The van der Waals surface area contributed by atoms with Gasteiger partial charge in [-0.1, -0.05) is 38.1 Å². The Bertz CT molecular complexity index is 760. The summed E-state index contributed by atoms with van der Waals surface area (Å²) in [5.74, 6) is 3.53. The van der Waals surface area contributed by atoms with Gasteiger partial charge in [-0.05, 0) is 43.2 Å². The van der Waals surface area contributed by atoms with Crippen LogP contribution in [0.3, 0.4) is 0 Å². The lowest BCUT2D eigenvalue weighted by Gasteiger charge is -2.37. The van der Waals surface area contributed by atoms with Gasteiger partial charge in [-0.3, -0.25) is 0 Å². The summed E-state index contributed by atoms with van der Waals surface area (Å²) in [4.78, 5) is 11.7. The van der Waals surface area contributed by atoms with E-state index in [9.17, 15) is 0 Å². The Morgan fingerprint density at radius 3 is 2.57 bits per heavy atom. The Kier molecular flexibility index (Phi) is 8.79. The van der Waals surface area contributed by atoms with Gasteiger partial charge >= 0.3 is 0 Å². The molecule has 1 saturated heterocycles. The number of imidazole rings is 1. The number of aromatic nitrogens is 2. The van der Waals surface area contributed by atoms with Crippen LogP contribution in [0, 0.1) is 18.8 Å². The normalized spacial score (nSPS) is 20.0. The first-order valence-corrected chi connectivity index (χ1v) is 10.1. The van der Waals surface area contributed by atoms with Crippen LogP contribution in [0.5, 0.6) is 0 Å². The lowest BCUT2D eigenvalue weighted by Crippen LogP contribution is -2.48. The summed E-state index contributed by atoms with van der Waals surface area (Å²) < 4.78 is 2.17. The minimum atomic E-state index is 0. The number of halogens is 1. The lowest BCUT2D eigenvalue weighted by molar-refractivity contribution is 0.208. The van der Waals surface area contributed by atoms with Gasteiger partial charge in [-0.15, -0.1) is 24.0 Å². The van der Waals surface area contributed by atoms with Crippen LogP contribution in [0.25, 0.3) is 0 Å². The number of benzene rings is 1. The molecule has 1 aromatic carbocycles. The molecule has 154 valence electrons. The quantitative estimate of drug-likeness (QED) is 0.382. The molecule has 2 heterocycles. The summed E-state index contributed by atoms with van der Waals surface area (Å²) in [7, 11) is 0. The fourth-order valence-corrected chi connectivity index (χ4v) is 4.02. The molecule has 2 aromatic rings. The summed E-state index contributed by atoms with van der Waals surface area (Å²) in [6.07, 6.45) is 5.19. The predicted octanol–water partition coefficient (Wildman–Crippen LogP) is 4.30. The molecule has 1 aliphatic rings. The largest absolute Gasteiger partial charge is 0.357 e. The molecular weight excluding hydrogens is 461 g/mol. The van der Waals surface area contributed by atoms with Gasteiger partial charge in [0.05, 0.1) is 6.54 Å². The van der Waals surface area contributed by atoms with E-state index >= 15 is 0 Å². The first-order chi connectivity index (χ1) is 13.0. The highest BCUT2D eigenvalue weighted by molar-refractivity contribution is 14.0. The Morgan fingerprint density at radius 2 is 1.93 bits per heavy atom. The maximum absolute atomic E-state index is 4.94. The standard InChI is InChI=1S/C22H33N5.HI/c1-5-23-22(27-14-17(2)11-18(3)15-27)25-13-20-7-6-8-21(12-20)16-26-10-9-24-19(26)4;/h6-10,12,17-18H,5,11,13-16H2,1-4H3,(H,23,25);1H. The number of rotatable bonds is 5. The molecule has 0 spiro atoms. The van der Waals surface area contributed by atoms with Gasteiger partial charge < -0.3 is 14.8 Å². The molecule has 1 N–H and O–H groups in total. The van der Waals surface area contributed by atoms with Crippen LogP contribution >= 0.6 is 24.0 Å². The zero-order chi connectivity index (χ0) is 19.2. The molecule has 0 amide bonds. The van der Waals surface area contributed by atoms with E-state index < -0.39 is 0 Å². The molecule has 0 bridgehead atoms. The van der Waals surface area contributed by atoms with Crippen molar-refractivity contribution < 1.29 is 0 Å². The summed E-state index contributed by atoms with van der Waals surface area (Å²) in [5.41, 5.74) is 2.53. The van der Waals surface area contributed by atoms with Crippen LogP contribution in [-0.4, -0.2) is 40.0 Å². The van der Waals surface area contributed by atoms with E-state index in [4.69, 9.17) is 4.99 Å². The molecule has 0 saturated carbocycles. The van der Waals surface area contributed by atoms with Crippen molar-refractivity contribution in [2.45, 2.75) is 47.2 Å². The van der Waals surface area contributed by atoms with Crippen LogP contribution < -0.4 is 5.32 Å². The van der Waals surface area contributed by atoms with E-state index in [1.54, 1.807) is 0 Å². The van der Waals surface area contributed by atoms with Crippen LogP contribution in [0.1, 0.15) is 44.1 Å². The zero-order valence-electron chi connectivity index (χ0n) is 17.6. The third-order valence-corrected chi connectivity index (χ3v) is 5.18. The Morgan fingerprint density at radius 1 is 1.21 bits per heavy atom. The Hall–Kier alpha value is -1.57. The number of aryl methyl sites for hydroxylation is 1. The third kappa shape index (κ3) is 6.22. The molecule has 6 heteroatoms. The highest BCUT2D eigenvalue weighted by Gasteiger charge is 2.23. The molecule has 5 nitrogen and oxygen atoms in total. The summed E-state index contributed by atoms with van der Waals surface area (Å²) in [6, 6.07) is 8.73. The summed E-state index contributed by atoms with van der Waals surface area (Å²) >= 11 is 0. The highest BCUT2D eigenvalue weighted by Crippen LogP contribution is 2.21. The van der Waals surface area contributed by atoms with E-state index in [1.807, 2.05) is 19.3 Å². The number of likely N-dealkylation sites (tertiary alicyclic amines) is 1. The average Bonchev–Trinajstić information content (AvgIpc) is 3.03. The van der Waals surface area contributed by atoms with Gasteiger partial charge in [0.2, 0.25) is 0 Å². The van der Waals surface area contributed by atoms with Gasteiger partial charge in [0.25, 0.3) is 0 Å². The van der Waals surface area contributed by atoms with Crippen molar-refractivity contribution in [3.05, 3.63) is 53.6 Å². The second-order valence-electron chi connectivity index (χ2n) is 7.94. The number of hydrogen-bond acceptors (Lipinski definition) is 2. The summed E-state index contributed by atoms with van der Waals surface area (Å²) in [5, 5.41) is 3.49. The van der Waals surface area contributed by atoms with Crippen LogP contribution in [0.15, 0.2) is 41.7 Å². The number of nitrogens with one attached hydrogen (secondary N) is 1. The van der Waals surface area contributed by atoms with Crippen LogP contribution in [0.2, 0.25) is 0 Å².